The second-order valence-electron chi connectivity index (χ2n) is 4.46. The second kappa shape index (κ2) is 5.38. The van der Waals surface area contributed by atoms with Crippen molar-refractivity contribution in [2.24, 2.45) is 0 Å². The molecule has 1 aromatic heterocycles. The number of halogens is 3. The number of nitrogens with one attached hydrogen (secondary N) is 1. The molecular formula is C13H10Br2ClN3. The smallest absolute Gasteiger partial charge is 0.135 e. The minimum atomic E-state index is 0.479. The molecule has 0 aliphatic heterocycles. The van der Waals surface area contributed by atoms with Crippen LogP contribution in [0.1, 0.15) is 24.6 Å². The maximum atomic E-state index is 6.04. The molecule has 0 unspecified atom stereocenters. The fourth-order valence-electron chi connectivity index (χ4n) is 1.75. The zero-order valence-electron chi connectivity index (χ0n) is 9.83. The van der Waals surface area contributed by atoms with Crippen LogP contribution in [0.4, 0.5) is 11.5 Å². The first-order chi connectivity index (χ1) is 9.11. The summed E-state index contributed by atoms with van der Waals surface area (Å²) in [5.74, 6) is 2.04. The first-order valence-electron chi connectivity index (χ1n) is 5.88. The van der Waals surface area contributed by atoms with Crippen molar-refractivity contribution in [1.82, 2.24) is 9.97 Å². The summed E-state index contributed by atoms with van der Waals surface area (Å²) >= 11 is 13.0. The maximum absolute atomic E-state index is 6.04. The van der Waals surface area contributed by atoms with Crippen LogP contribution >= 0.6 is 43.5 Å². The topological polar surface area (TPSA) is 37.8 Å². The Morgan fingerprint density at radius 1 is 1.16 bits per heavy atom. The molecule has 0 atom stereocenters. The van der Waals surface area contributed by atoms with Crippen LogP contribution in [0, 0.1) is 0 Å². The van der Waals surface area contributed by atoms with Gasteiger partial charge in [-0.3, -0.25) is 0 Å². The van der Waals surface area contributed by atoms with Crippen LogP contribution in [0.3, 0.4) is 0 Å². The Kier molecular flexibility index (Phi) is 3.78. The third kappa shape index (κ3) is 3.27. The first-order valence-corrected chi connectivity index (χ1v) is 7.85. The summed E-state index contributed by atoms with van der Waals surface area (Å²) in [6.45, 7) is 0. The molecular weight excluding hydrogens is 393 g/mol. The monoisotopic (exact) mass is 401 g/mol. The summed E-state index contributed by atoms with van der Waals surface area (Å²) in [5.41, 5.74) is 0.944. The molecule has 2 aromatic rings. The fourth-order valence-corrected chi connectivity index (χ4v) is 3.09. The molecule has 3 rings (SSSR count). The van der Waals surface area contributed by atoms with Crippen LogP contribution in [0.25, 0.3) is 0 Å². The third-order valence-electron chi connectivity index (χ3n) is 2.85. The van der Waals surface area contributed by atoms with E-state index in [1.54, 1.807) is 6.07 Å². The lowest BCUT2D eigenvalue weighted by molar-refractivity contribution is 0.930. The van der Waals surface area contributed by atoms with Crippen molar-refractivity contribution in [3.63, 3.8) is 0 Å². The van der Waals surface area contributed by atoms with Crippen LogP contribution in [-0.4, -0.2) is 9.97 Å². The van der Waals surface area contributed by atoms with Crippen LogP contribution < -0.4 is 5.32 Å². The van der Waals surface area contributed by atoms with Gasteiger partial charge in [-0.2, -0.15) is 0 Å². The van der Waals surface area contributed by atoms with Crippen molar-refractivity contribution in [1.29, 1.82) is 0 Å². The SMILES string of the molecule is Clc1cc(Nc2ccc(Br)cc2Br)nc(C2CC2)n1. The van der Waals surface area contributed by atoms with E-state index in [0.29, 0.717) is 11.1 Å². The number of anilines is 2. The standard InChI is InChI=1S/C13H10Br2ClN3/c14-8-3-4-10(9(15)5-8)17-12-6-11(16)18-13(19-12)7-1-2-7/h3-7H,1-2H2,(H,17,18,19). The summed E-state index contributed by atoms with van der Waals surface area (Å²) < 4.78 is 1.98. The Bertz CT molecular complexity index is 629. The molecule has 98 valence electrons. The van der Waals surface area contributed by atoms with Gasteiger partial charge in [0.05, 0.1) is 5.69 Å². The van der Waals surface area contributed by atoms with Gasteiger partial charge in [0.25, 0.3) is 0 Å². The largest absolute Gasteiger partial charge is 0.339 e. The van der Waals surface area contributed by atoms with Crippen molar-refractivity contribution < 1.29 is 0 Å². The van der Waals surface area contributed by atoms with Gasteiger partial charge in [0.15, 0.2) is 0 Å². The van der Waals surface area contributed by atoms with Crippen LogP contribution in [-0.2, 0) is 0 Å². The average Bonchev–Trinajstić information content (AvgIpc) is 3.16. The van der Waals surface area contributed by atoms with E-state index < -0.39 is 0 Å². The molecule has 1 fully saturated rings. The molecule has 1 aliphatic rings. The predicted molar refractivity (Wildman–Crippen MR) is 84.1 cm³/mol. The minimum Gasteiger partial charge on any atom is -0.339 e. The van der Waals surface area contributed by atoms with E-state index in [0.717, 1.165) is 39.1 Å². The molecule has 1 aromatic carbocycles. The fraction of sp³-hybridized carbons (Fsp3) is 0.231. The molecule has 0 bridgehead atoms. The molecule has 0 radical (unpaired) electrons. The van der Waals surface area contributed by atoms with E-state index in [4.69, 9.17) is 11.6 Å². The lowest BCUT2D eigenvalue weighted by atomic mass is 10.3. The van der Waals surface area contributed by atoms with Crippen LogP contribution in [0.5, 0.6) is 0 Å². The molecule has 0 spiro atoms. The van der Waals surface area contributed by atoms with Gasteiger partial charge in [0.1, 0.15) is 16.8 Å². The molecule has 0 amide bonds. The van der Waals surface area contributed by atoms with Crippen molar-refractivity contribution in [3.05, 3.63) is 44.2 Å². The third-order valence-corrected chi connectivity index (χ3v) is 4.19. The summed E-state index contributed by atoms with van der Waals surface area (Å²) in [6.07, 6.45) is 2.31. The van der Waals surface area contributed by atoms with Gasteiger partial charge in [-0.05, 0) is 47.0 Å². The molecule has 0 saturated heterocycles. The molecule has 6 heteroatoms. The highest BCUT2D eigenvalue weighted by atomic mass is 79.9. The summed E-state index contributed by atoms with van der Waals surface area (Å²) in [4.78, 5) is 8.78. The van der Waals surface area contributed by atoms with Crippen LogP contribution in [0.15, 0.2) is 33.2 Å². The minimum absolute atomic E-state index is 0.479. The van der Waals surface area contributed by atoms with Gasteiger partial charge >= 0.3 is 0 Å². The summed E-state index contributed by atoms with van der Waals surface area (Å²) in [5, 5.41) is 3.74. The van der Waals surface area contributed by atoms with E-state index in [9.17, 15) is 0 Å². The Labute approximate surface area is 133 Å². The van der Waals surface area contributed by atoms with Gasteiger partial charge in [-0.15, -0.1) is 0 Å². The number of rotatable bonds is 3. The Balaban J connectivity index is 1.89. The van der Waals surface area contributed by atoms with E-state index in [1.807, 2.05) is 18.2 Å². The highest BCUT2D eigenvalue weighted by Crippen LogP contribution is 2.39. The van der Waals surface area contributed by atoms with Crippen molar-refractivity contribution in [2.45, 2.75) is 18.8 Å². The molecule has 1 heterocycles. The van der Waals surface area contributed by atoms with Crippen molar-refractivity contribution >= 4 is 55.0 Å². The predicted octanol–water partition coefficient (Wildman–Crippen LogP) is 5.28. The zero-order chi connectivity index (χ0) is 13.4. The Hall–Kier alpha value is -0.650. The number of aromatic nitrogens is 2. The number of hydrogen-bond acceptors (Lipinski definition) is 3. The maximum Gasteiger partial charge on any atom is 0.135 e. The van der Waals surface area contributed by atoms with E-state index >= 15 is 0 Å². The number of hydrogen-bond donors (Lipinski definition) is 1. The highest BCUT2D eigenvalue weighted by Gasteiger charge is 2.27. The lowest BCUT2D eigenvalue weighted by Crippen LogP contribution is -2.00. The van der Waals surface area contributed by atoms with Gasteiger partial charge in [0.2, 0.25) is 0 Å². The molecule has 19 heavy (non-hydrogen) atoms. The molecule has 1 aliphatic carbocycles. The van der Waals surface area contributed by atoms with Gasteiger partial charge < -0.3 is 5.32 Å². The molecule has 1 N–H and O–H groups in total. The zero-order valence-corrected chi connectivity index (χ0v) is 13.8. The normalized spacial score (nSPS) is 14.5. The lowest BCUT2D eigenvalue weighted by Gasteiger charge is -2.09. The first kappa shape index (κ1) is 13.3. The second-order valence-corrected chi connectivity index (χ2v) is 6.61. The number of benzene rings is 1. The van der Waals surface area contributed by atoms with Gasteiger partial charge in [0, 0.05) is 20.9 Å². The van der Waals surface area contributed by atoms with Gasteiger partial charge in [-0.25, -0.2) is 9.97 Å². The summed E-state index contributed by atoms with van der Waals surface area (Å²) in [7, 11) is 0. The van der Waals surface area contributed by atoms with E-state index in [2.05, 4.69) is 47.1 Å². The Morgan fingerprint density at radius 2 is 1.95 bits per heavy atom. The quantitative estimate of drug-likeness (QED) is 0.709. The average molecular weight is 404 g/mol. The van der Waals surface area contributed by atoms with Crippen molar-refractivity contribution in [2.75, 3.05) is 5.32 Å². The molecule has 1 saturated carbocycles. The van der Waals surface area contributed by atoms with E-state index in [-0.39, 0.29) is 0 Å². The number of nitrogens with zero attached hydrogens (tertiary/aromatic N) is 2. The van der Waals surface area contributed by atoms with Gasteiger partial charge in [-0.1, -0.05) is 27.5 Å². The summed E-state index contributed by atoms with van der Waals surface area (Å²) in [6, 6.07) is 7.66. The van der Waals surface area contributed by atoms with Crippen molar-refractivity contribution in [3.8, 4) is 0 Å². The Morgan fingerprint density at radius 3 is 2.63 bits per heavy atom. The highest BCUT2D eigenvalue weighted by molar-refractivity contribution is 9.11. The van der Waals surface area contributed by atoms with E-state index in [1.165, 1.54) is 0 Å². The molecule has 3 nitrogen and oxygen atoms in total. The van der Waals surface area contributed by atoms with Crippen LogP contribution in [0.2, 0.25) is 5.15 Å².